The van der Waals surface area contributed by atoms with Gasteiger partial charge in [0.05, 0.1) is 17.1 Å². The van der Waals surface area contributed by atoms with E-state index in [1.165, 1.54) is 6.07 Å². The molecule has 0 unspecified atom stereocenters. The Morgan fingerprint density at radius 3 is 2.66 bits per heavy atom. The number of primary sulfonamides is 1. The van der Waals surface area contributed by atoms with Crippen LogP contribution in [-0.4, -0.2) is 33.4 Å². The van der Waals surface area contributed by atoms with Gasteiger partial charge in [-0.05, 0) is 36.2 Å². The topological polar surface area (TPSA) is 119 Å². The Morgan fingerprint density at radius 1 is 1.17 bits per heavy atom. The molecule has 29 heavy (non-hydrogen) atoms. The molecule has 0 radical (unpaired) electrons. The molecule has 3 rings (SSSR count). The van der Waals surface area contributed by atoms with Crippen molar-refractivity contribution < 1.29 is 22.7 Å². The molecule has 0 atom stereocenters. The smallest absolute Gasteiger partial charge is 0.238 e. The summed E-state index contributed by atoms with van der Waals surface area (Å²) in [6.07, 6.45) is 0.489. The maximum Gasteiger partial charge on any atom is 0.238 e. The molecule has 0 bridgehead atoms. The summed E-state index contributed by atoms with van der Waals surface area (Å²) in [6, 6.07) is 11.8. The lowest BCUT2D eigenvalue weighted by Crippen LogP contribution is -2.38. The Labute approximate surface area is 169 Å². The average Bonchev–Trinajstić information content (AvgIpc) is 2.71. The number of rotatable bonds is 6. The van der Waals surface area contributed by atoms with Crippen LogP contribution in [0.5, 0.6) is 5.75 Å². The summed E-state index contributed by atoms with van der Waals surface area (Å²) < 4.78 is 29.0. The van der Waals surface area contributed by atoms with E-state index >= 15 is 0 Å². The predicted octanol–water partition coefficient (Wildman–Crippen LogP) is 2.04. The van der Waals surface area contributed by atoms with Gasteiger partial charge in [-0.15, -0.1) is 0 Å². The van der Waals surface area contributed by atoms with E-state index in [-0.39, 0.29) is 29.6 Å². The summed E-state index contributed by atoms with van der Waals surface area (Å²) in [6.45, 7) is 2.64. The first-order chi connectivity index (χ1) is 13.8. The Hall–Kier alpha value is -2.91. The first kappa shape index (κ1) is 20.8. The highest BCUT2D eigenvalue weighted by Crippen LogP contribution is 2.31. The third kappa shape index (κ3) is 4.93. The monoisotopic (exact) mass is 417 g/mol. The second-order valence-electron chi connectivity index (χ2n) is 6.63. The van der Waals surface area contributed by atoms with Gasteiger partial charge in [-0.1, -0.05) is 25.1 Å². The van der Waals surface area contributed by atoms with Crippen LogP contribution in [0.1, 0.15) is 25.3 Å². The molecule has 1 heterocycles. The predicted molar refractivity (Wildman–Crippen MR) is 109 cm³/mol. The van der Waals surface area contributed by atoms with Crippen LogP contribution in [0.25, 0.3) is 0 Å². The van der Waals surface area contributed by atoms with Crippen molar-refractivity contribution in [3.63, 3.8) is 0 Å². The van der Waals surface area contributed by atoms with E-state index in [0.717, 1.165) is 0 Å². The zero-order chi connectivity index (χ0) is 21.0. The molecule has 2 aromatic carbocycles. The number of para-hydroxylation sites is 2. The zero-order valence-electron chi connectivity index (χ0n) is 16.1. The number of sulfonamides is 1. The molecule has 0 saturated heterocycles. The lowest BCUT2D eigenvalue weighted by molar-refractivity contribution is -0.122. The van der Waals surface area contributed by atoms with Gasteiger partial charge in [0.1, 0.15) is 12.4 Å². The first-order valence-electron chi connectivity index (χ1n) is 9.27. The second kappa shape index (κ2) is 8.62. The van der Waals surface area contributed by atoms with Crippen LogP contribution in [-0.2, 0) is 26.0 Å². The molecular weight excluding hydrogens is 394 g/mol. The number of fused-ring (bicyclic) bond motifs is 1. The van der Waals surface area contributed by atoms with Crippen LogP contribution in [0.4, 0.5) is 11.4 Å². The number of hydrogen-bond acceptors (Lipinski definition) is 5. The fraction of sp³-hybridized carbons (Fsp3) is 0.300. The van der Waals surface area contributed by atoms with E-state index in [0.29, 0.717) is 42.3 Å². The van der Waals surface area contributed by atoms with Crippen molar-refractivity contribution in [3.8, 4) is 5.75 Å². The van der Waals surface area contributed by atoms with Gasteiger partial charge in [-0.3, -0.25) is 9.59 Å². The number of nitrogens with zero attached hydrogens (tertiary/aromatic N) is 1. The van der Waals surface area contributed by atoms with Crippen LogP contribution < -0.4 is 20.1 Å². The van der Waals surface area contributed by atoms with Gasteiger partial charge in [-0.2, -0.15) is 0 Å². The normalized spacial score (nSPS) is 13.4. The van der Waals surface area contributed by atoms with Crippen molar-refractivity contribution >= 4 is 33.2 Å². The van der Waals surface area contributed by atoms with Crippen LogP contribution >= 0.6 is 0 Å². The van der Waals surface area contributed by atoms with E-state index in [9.17, 15) is 18.0 Å². The molecule has 0 aliphatic carbocycles. The number of nitrogens with one attached hydrogen (secondary N) is 1. The van der Waals surface area contributed by atoms with Gasteiger partial charge in [0, 0.05) is 18.5 Å². The van der Waals surface area contributed by atoms with Gasteiger partial charge < -0.3 is 15.0 Å². The summed E-state index contributed by atoms with van der Waals surface area (Å²) in [5.74, 6) is 0.0788. The van der Waals surface area contributed by atoms with Crippen molar-refractivity contribution in [2.75, 3.05) is 23.4 Å². The molecule has 154 valence electrons. The SMILES string of the molecule is CCc1ccc(NC(=O)CCC(=O)N2CCOc3ccccc32)cc1S(N)(=O)=O. The third-order valence-corrected chi connectivity index (χ3v) is 5.63. The minimum absolute atomic E-state index is 0.0150. The molecule has 8 nitrogen and oxygen atoms in total. The highest BCUT2D eigenvalue weighted by Gasteiger charge is 2.23. The molecular formula is C20H23N3O5S. The van der Waals surface area contributed by atoms with Crippen molar-refractivity contribution in [2.45, 2.75) is 31.1 Å². The lowest BCUT2D eigenvalue weighted by atomic mass is 10.1. The van der Waals surface area contributed by atoms with Crippen LogP contribution in [0, 0.1) is 0 Å². The molecule has 3 N–H and O–H groups in total. The molecule has 1 aliphatic heterocycles. The second-order valence-corrected chi connectivity index (χ2v) is 8.16. The fourth-order valence-corrected chi connectivity index (χ4v) is 4.07. The Kier molecular flexibility index (Phi) is 6.19. The van der Waals surface area contributed by atoms with Crippen LogP contribution in [0.3, 0.4) is 0 Å². The van der Waals surface area contributed by atoms with Gasteiger partial charge in [-0.25, -0.2) is 13.6 Å². The number of aryl methyl sites for hydroxylation is 1. The van der Waals surface area contributed by atoms with Gasteiger partial charge in [0.2, 0.25) is 21.8 Å². The van der Waals surface area contributed by atoms with E-state index < -0.39 is 10.0 Å². The minimum Gasteiger partial charge on any atom is -0.490 e. The molecule has 9 heteroatoms. The van der Waals surface area contributed by atoms with E-state index in [1.54, 1.807) is 29.2 Å². The number of nitrogens with two attached hydrogens (primary N) is 1. The summed E-state index contributed by atoms with van der Waals surface area (Å²) in [5, 5.41) is 7.88. The van der Waals surface area contributed by atoms with Crippen LogP contribution in [0.15, 0.2) is 47.4 Å². The van der Waals surface area contributed by atoms with Gasteiger partial charge >= 0.3 is 0 Å². The molecule has 2 aromatic rings. The number of amides is 2. The number of anilines is 2. The number of carbonyl (C=O) groups is 2. The van der Waals surface area contributed by atoms with Crippen molar-refractivity contribution in [1.82, 2.24) is 0 Å². The van der Waals surface area contributed by atoms with Crippen molar-refractivity contribution in [2.24, 2.45) is 5.14 Å². The summed E-state index contributed by atoms with van der Waals surface area (Å²) in [4.78, 5) is 26.5. The molecule has 0 saturated carbocycles. The number of carbonyl (C=O) groups excluding carboxylic acids is 2. The molecule has 1 aliphatic rings. The first-order valence-corrected chi connectivity index (χ1v) is 10.8. The quantitative estimate of drug-likeness (QED) is 0.745. The van der Waals surface area contributed by atoms with Crippen LogP contribution in [0.2, 0.25) is 0 Å². The molecule has 0 spiro atoms. The molecule has 0 aromatic heterocycles. The average molecular weight is 417 g/mol. The minimum atomic E-state index is -3.90. The van der Waals surface area contributed by atoms with E-state index in [2.05, 4.69) is 5.32 Å². The third-order valence-electron chi connectivity index (χ3n) is 4.63. The maximum absolute atomic E-state index is 12.6. The fourth-order valence-electron chi connectivity index (χ4n) is 3.20. The maximum atomic E-state index is 12.6. The standard InChI is InChI=1S/C20H23N3O5S/c1-2-14-7-8-15(13-18(14)29(21,26)27)22-19(24)9-10-20(25)23-11-12-28-17-6-4-3-5-16(17)23/h3-8,13H,2,9-12H2,1H3,(H,22,24)(H2,21,26,27). The largest absolute Gasteiger partial charge is 0.490 e. The summed E-state index contributed by atoms with van der Waals surface area (Å²) in [5.41, 5.74) is 1.59. The van der Waals surface area contributed by atoms with Crippen molar-refractivity contribution in [3.05, 3.63) is 48.0 Å². The number of benzene rings is 2. The number of hydrogen-bond donors (Lipinski definition) is 2. The Bertz CT molecular complexity index is 1040. The molecule has 0 fully saturated rings. The Balaban J connectivity index is 1.63. The van der Waals surface area contributed by atoms with Gasteiger partial charge in [0.25, 0.3) is 0 Å². The summed E-state index contributed by atoms with van der Waals surface area (Å²) in [7, 11) is -3.90. The molecule has 2 amide bonds. The van der Waals surface area contributed by atoms with Crippen molar-refractivity contribution in [1.29, 1.82) is 0 Å². The summed E-state index contributed by atoms with van der Waals surface area (Å²) >= 11 is 0. The van der Waals surface area contributed by atoms with E-state index in [4.69, 9.17) is 9.88 Å². The highest BCUT2D eigenvalue weighted by molar-refractivity contribution is 7.89. The number of ether oxygens (including phenoxy) is 1. The zero-order valence-corrected chi connectivity index (χ0v) is 16.9. The highest BCUT2D eigenvalue weighted by atomic mass is 32.2. The van der Waals surface area contributed by atoms with E-state index in [1.807, 2.05) is 19.1 Å². The Morgan fingerprint density at radius 2 is 1.93 bits per heavy atom. The lowest BCUT2D eigenvalue weighted by Gasteiger charge is -2.29. The van der Waals surface area contributed by atoms with Gasteiger partial charge in [0.15, 0.2) is 0 Å².